The minimum absolute atomic E-state index is 0.0307. The molecule has 0 bridgehead atoms. The third-order valence-electron chi connectivity index (χ3n) is 4.89. The summed E-state index contributed by atoms with van der Waals surface area (Å²) in [5, 5.41) is 8.06. The molecule has 8 heteroatoms. The first-order valence-corrected chi connectivity index (χ1v) is 9.84. The maximum absolute atomic E-state index is 14.2. The second-order valence-corrected chi connectivity index (χ2v) is 6.95. The Bertz CT molecular complexity index is 972. The monoisotopic (exact) mass is 410 g/mol. The van der Waals surface area contributed by atoms with Gasteiger partial charge in [0.15, 0.2) is 11.6 Å². The number of hydrogen-bond donors (Lipinski definition) is 1. The van der Waals surface area contributed by atoms with Crippen LogP contribution in [0.1, 0.15) is 37.7 Å². The van der Waals surface area contributed by atoms with Crippen LogP contribution in [0.25, 0.3) is 0 Å². The molecule has 156 valence electrons. The molecule has 1 aromatic carbocycles. The summed E-state index contributed by atoms with van der Waals surface area (Å²) in [5.74, 6) is -1.76. The topological polar surface area (TPSA) is 87.8 Å². The van der Waals surface area contributed by atoms with Crippen molar-refractivity contribution in [3.05, 3.63) is 52.9 Å². The normalized spacial score (nSPS) is 23.2. The van der Waals surface area contributed by atoms with Crippen LogP contribution in [0.4, 0.5) is 14.5 Å². The summed E-state index contributed by atoms with van der Waals surface area (Å²) < 4.78 is 28.4. The molecule has 2 aliphatic rings. The first-order chi connectivity index (χ1) is 14.6. The number of aliphatic imine (C=N–C) groups is 3. The fourth-order valence-electron chi connectivity index (χ4n) is 3.09. The second kappa shape index (κ2) is 10.5. The van der Waals surface area contributed by atoms with E-state index in [9.17, 15) is 8.78 Å². The molecule has 0 spiro atoms. The molecule has 1 aromatic rings. The molecule has 2 N–H and O–H groups in total. The zero-order valence-corrected chi connectivity index (χ0v) is 16.7. The predicted molar refractivity (Wildman–Crippen MR) is 119 cm³/mol. The maximum atomic E-state index is 14.2. The number of hydrogen-bond acceptors (Lipinski definition) is 6. The van der Waals surface area contributed by atoms with E-state index >= 15 is 0 Å². The van der Waals surface area contributed by atoms with Crippen LogP contribution in [0.2, 0.25) is 0 Å². The zero-order valence-electron chi connectivity index (χ0n) is 16.7. The average molecular weight is 410 g/mol. The van der Waals surface area contributed by atoms with Crippen molar-refractivity contribution >= 4 is 36.8 Å². The van der Waals surface area contributed by atoms with Gasteiger partial charge in [-0.05, 0) is 59.7 Å². The van der Waals surface area contributed by atoms with E-state index in [1.165, 1.54) is 18.5 Å². The number of halogens is 2. The summed E-state index contributed by atoms with van der Waals surface area (Å²) >= 11 is 0. The van der Waals surface area contributed by atoms with Gasteiger partial charge in [0.25, 0.3) is 0 Å². The third-order valence-corrected chi connectivity index (χ3v) is 4.89. The van der Waals surface area contributed by atoms with Gasteiger partial charge in [0.2, 0.25) is 0 Å². The van der Waals surface area contributed by atoms with E-state index in [2.05, 4.69) is 25.2 Å². The lowest BCUT2D eigenvalue weighted by atomic mass is 10.0. The smallest absolute Gasteiger partial charge is 0.184 e. The van der Waals surface area contributed by atoms with Crippen molar-refractivity contribution in [3.63, 3.8) is 0 Å². The Balaban J connectivity index is 1.83. The lowest BCUT2D eigenvalue weighted by Crippen LogP contribution is -1.95. The van der Waals surface area contributed by atoms with Gasteiger partial charge in [-0.2, -0.15) is 10.2 Å². The Kier molecular flexibility index (Phi) is 7.48. The van der Waals surface area contributed by atoms with E-state index < -0.39 is 11.6 Å². The van der Waals surface area contributed by atoms with Crippen molar-refractivity contribution in [1.29, 1.82) is 0 Å². The number of nitrogens with zero attached hydrogens (tertiary/aromatic N) is 5. The molecule has 0 radical (unpaired) electrons. The molecule has 1 fully saturated rings. The minimum atomic E-state index is -0.968. The van der Waals surface area contributed by atoms with Gasteiger partial charge in [-0.15, -0.1) is 0 Å². The molecular weight excluding hydrogens is 386 g/mol. The van der Waals surface area contributed by atoms with Crippen LogP contribution in [0.15, 0.2) is 60.9 Å². The van der Waals surface area contributed by atoms with Crippen molar-refractivity contribution in [3.8, 4) is 0 Å². The van der Waals surface area contributed by atoms with Crippen LogP contribution in [0.3, 0.4) is 0 Å². The molecule has 0 saturated heterocycles. The quantitative estimate of drug-likeness (QED) is 0.711. The minimum Gasteiger partial charge on any atom is -0.404 e. The molecule has 2 unspecified atom stereocenters. The number of allylic oxidation sites excluding steroid dienone is 2. The van der Waals surface area contributed by atoms with Gasteiger partial charge in [-0.25, -0.2) is 8.78 Å². The van der Waals surface area contributed by atoms with Gasteiger partial charge >= 0.3 is 0 Å². The summed E-state index contributed by atoms with van der Waals surface area (Å²) in [6.45, 7) is 2.54. The molecule has 30 heavy (non-hydrogen) atoms. The van der Waals surface area contributed by atoms with Gasteiger partial charge in [0, 0.05) is 44.0 Å². The number of rotatable bonds is 5. The molecular formula is C22H24F2N6. The highest BCUT2D eigenvalue weighted by Gasteiger charge is 2.41. The Morgan fingerprint density at radius 1 is 1.23 bits per heavy atom. The van der Waals surface area contributed by atoms with Gasteiger partial charge in [-0.1, -0.05) is 6.92 Å². The fraction of sp³-hybridized carbons (Fsp3) is 0.318. The fourth-order valence-corrected chi connectivity index (χ4v) is 3.09. The Morgan fingerprint density at radius 3 is 2.90 bits per heavy atom. The van der Waals surface area contributed by atoms with Crippen LogP contribution in [-0.4, -0.2) is 37.6 Å². The van der Waals surface area contributed by atoms with Crippen LogP contribution in [0, 0.1) is 17.6 Å². The van der Waals surface area contributed by atoms with E-state index in [1.807, 2.05) is 6.92 Å². The Morgan fingerprint density at radius 2 is 2.10 bits per heavy atom. The SMILES string of the molecule is CCC(C=Nc1cc(C2CC2C2=CN=CC=NCC/C=N/N=C2)cc(F)c1F)=CN. The van der Waals surface area contributed by atoms with E-state index in [0.29, 0.717) is 24.9 Å². The van der Waals surface area contributed by atoms with Gasteiger partial charge < -0.3 is 5.73 Å². The first kappa shape index (κ1) is 21.4. The molecule has 2 atom stereocenters. The predicted octanol–water partition coefficient (Wildman–Crippen LogP) is 4.51. The number of nitrogens with two attached hydrogens (primary N) is 1. The summed E-state index contributed by atoms with van der Waals surface area (Å²) in [6.07, 6.45) is 13.3. The summed E-state index contributed by atoms with van der Waals surface area (Å²) in [6, 6.07) is 2.82. The van der Waals surface area contributed by atoms with Crippen molar-refractivity contribution < 1.29 is 8.78 Å². The van der Waals surface area contributed by atoms with Gasteiger partial charge in [0.1, 0.15) is 5.69 Å². The largest absolute Gasteiger partial charge is 0.404 e. The van der Waals surface area contributed by atoms with Crippen LogP contribution < -0.4 is 5.73 Å². The highest BCUT2D eigenvalue weighted by Crippen LogP contribution is 2.52. The van der Waals surface area contributed by atoms with Gasteiger partial charge in [0.05, 0.1) is 6.21 Å². The first-order valence-electron chi connectivity index (χ1n) is 9.84. The Hall–Kier alpha value is -3.29. The molecule has 6 nitrogen and oxygen atoms in total. The zero-order chi connectivity index (χ0) is 21.3. The van der Waals surface area contributed by atoms with Crippen molar-refractivity contribution in [2.75, 3.05) is 6.54 Å². The summed E-state index contributed by atoms with van der Waals surface area (Å²) in [7, 11) is 0. The van der Waals surface area contributed by atoms with Crippen LogP contribution in [-0.2, 0) is 0 Å². The van der Waals surface area contributed by atoms with Gasteiger partial charge in [-0.3, -0.25) is 15.0 Å². The number of benzene rings is 1. The van der Waals surface area contributed by atoms with E-state index in [-0.39, 0.29) is 17.5 Å². The van der Waals surface area contributed by atoms with E-state index in [0.717, 1.165) is 17.6 Å². The summed E-state index contributed by atoms with van der Waals surface area (Å²) in [5.41, 5.74) is 7.76. The Labute approximate surface area is 174 Å². The standard InChI is InChI=1S/C22H24F2N6/c1-2-15(11-25)12-28-21-9-16(8-20(23)22(21)24)18-10-19(18)17-13-27-7-6-26-4-3-5-29-30-14-17/h5-9,11-14,18-19H,2-4,10,25H2,1H3/b15-11?,17-13?,26-6?,27-7?,28-12?,29-5+,30-14?. The molecule has 1 saturated carbocycles. The molecule has 0 aromatic heterocycles. The average Bonchev–Trinajstić information content (AvgIpc) is 3.53. The second-order valence-electron chi connectivity index (χ2n) is 6.95. The summed E-state index contributed by atoms with van der Waals surface area (Å²) in [4.78, 5) is 12.5. The molecule has 3 rings (SSSR count). The highest BCUT2D eigenvalue weighted by molar-refractivity contribution is 6.16. The van der Waals surface area contributed by atoms with Crippen molar-refractivity contribution in [2.45, 2.75) is 32.1 Å². The van der Waals surface area contributed by atoms with Crippen LogP contribution in [0.5, 0.6) is 0 Å². The molecule has 1 heterocycles. The molecule has 1 aliphatic heterocycles. The molecule has 0 amide bonds. The maximum Gasteiger partial charge on any atom is 0.184 e. The van der Waals surface area contributed by atoms with E-state index in [1.54, 1.807) is 37.1 Å². The van der Waals surface area contributed by atoms with Crippen LogP contribution >= 0.6 is 0 Å². The lowest BCUT2D eigenvalue weighted by Gasteiger charge is -2.06. The molecule has 1 aliphatic carbocycles. The lowest BCUT2D eigenvalue weighted by molar-refractivity contribution is 0.509. The highest BCUT2D eigenvalue weighted by atomic mass is 19.2. The van der Waals surface area contributed by atoms with E-state index in [4.69, 9.17) is 5.73 Å². The van der Waals surface area contributed by atoms with Crippen molar-refractivity contribution in [1.82, 2.24) is 0 Å². The third kappa shape index (κ3) is 5.62. The van der Waals surface area contributed by atoms with Crippen molar-refractivity contribution in [2.24, 2.45) is 36.8 Å².